The molecule has 0 bridgehead atoms. The smallest absolute Gasteiger partial charge is 0.171 e. The summed E-state index contributed by atoms with van der Waals surface area (Å²) in [5, 5.41) is 0. The van der Waals surface area contributed by atoms with Gasteiger partial charge >= 0.3 is 6.18 Å². The molecule has 0 radical (unpaired) electrons. The quantitative estimate of drug-likeness (QED) is 0.742. The summed E-state index contributed by atoms with van der Waals surface area (Å²) in [6.07, 6.45) is -2.43. The largest absolute Gasteiger partial charge is 0.392 e. The summed E-state index contributed by atoms with van der Waals surface area (Å²) >= 11 is 3.24. The summed E-state index contributed by atoms with van der Waals surface area (Å²) in [6, 6.07) is 7.06. The van der Waals surface area contributed by atoms with E-state index in [1.807, 2.05) is 0 Å². The second-order valence-corrected chi connectivity index (χ2v) is 3.69. The van der Waals surface area contributed by atoms with Crippen LogP contribution in [0.3, 0.4) is 0 Å². The third-order valence-electron chi connectivity index (χ3n) is 1.53. The minimum Gasteiger partial charge on any atom is -0.171 e. The molecule has 0 saturated carbocycles. The van der Waals surface area contributed by atoms with Crippen LogP contribution in [-0.4, -0.2) is 6.18 Å². The van der Waals surface area contributed by atoms with Crippen LogP contribution in [0.25, 0.3) is 6.08 Å². The standard InChI is InChI=1S/C10H8BrF3/c11-9-5-3-8(4-6-9)2-1-7-10(12,13)14/h1-6H,7H2/b2-1+. The summed E-state index contributed by atoms with van der Waals surface area (Å²) in [5.74, 6) is 0. The summed E-state index contributed by atoms with van der Waals surface area (Å²) in [6.45, 7) is 0. The van der Waals surface area contributed by atoms with Crippen LogP contribution in [0, 0.1) is 0 Å². The zero-order chi connectivity index (χ0) is 10.6. The molecule has 1 aromatic rings. The second-order valence-electron chi connectivity index (χ2n) is 2.77. The molecular weight excluding hydrogens is 257 g/mol. The lowest BCUT2D eigenvalue weighted by Crippen LogP contribution is -2.03. The van der Waals surface area contributed by atoms with Gasteiger partial charge in [-0.1, -0.05) is 40.2 Å². The molecule has 0 aromatic heterocycles. The molecule has 14 heavy (non-hydrogen) atoms. The lowest BCUT2D eigenvalue weighted by atomic mass is 10.2. The molecule has 0 saturated heterocycles. The molecule has 0 spiro atoms. The monoisotopic (exact) mass is 264 g/mol. The topological polar surface area (TPSA) is 0 Å². The summed E-state index contributed by atoms with van der Waals surface area (Å²) in [7, 11) is 0. The highest BCUT2D eigenvalue weighted by Crippen LogP contribution is 2.20. The summed E-state index contributed by atoms with van der Waals surface area (Å²) in [5.41, 5.74) is 0.762. The number of hydrogen-bond donors (Lipinski definition) is 0. The minimum atomic E-state index is -4.12. The minimum absolute atomic E-state index is 0.762. The summed E-state index contributed by atoms with van der Waals surface area (Å²) < 4.78 is 36.2. The van der Waals surface area contributed by atoms with Crippen molar-refractivity contribution >= 4 is 22.0 Å². The van der Waals surface area contributed by atoms with Crippen molar-refractivity contribution in [2.75, 3.05) is 0 Å². The van der Waals surface area contributed by atoms with Crippen molar-refractivity contribution in [1.29, 1.82) is 0 Å². The van der Waals surface area contributed by atoms with E-state index >= 15 is 0 Å². The zero-order valence-electron chi connectivity index (χ0n) is 7.18. The maximum atomic E-state index is 11.8. The van der Waals surface area contributed by atoms with Crippen LogP contribution in [0.1, 0.15) is 12.0 Å². The highest BCUT2D eigenvalue weighted by molar-refractivity contribution is 9.10. The third-order valence-corrected chi connectivity index (χ3v) is 2.06. The number of hydrogen-bond acceptors (Lipinski definition) is 0. The number of benzene rings is 1. The van der Waals surface area contributed by atoms with Gasteiger partial charge in [0.1, 0.15) is 0 Å². The van der Waals surface area contributed by atoms with Crippen LogP contribution in [0.15, 0.2) is 34.8 Å². The Bertz CT molecular complexity index is 311. The second kappa shape index (κ2) is 4.64. The van der Waals surface area contributed by atoms with Gasteiger partial charge in [-0.25, -0.2) is 0 Å². The Hall–Kier alpha value is -0.770. The average molecular weight is 265 g/mol. The molecule has 0 fully saturated rings. The average Bonchev–Trinajstić information content (AvgIpc) is 2.06. The molecule has 4 heteroatoms. The molecule has 1 rings (SSSR count). The van der Waals surface area contributed by atoms with Gasteiger partial charge in [0.15, 0.2) is 0 Å². The van der Waals surface area contributed by atoms with Crippen molar-refractivity contribution in [2.24, 2.45) is 0 Å². The van der Waals surface area contributed by atoms with Crippen molar-refractivity contribution in [1.82, 2.24) is 0 Å². The predicted octanol–water partition coefficient (Wildman–Crippen LogP) is 4.41. The molecule has 0 aliphatic rings. The molecular formula is C10H8BrF3. The van der Waals surface area contributed by atoms with Crippen LogP contribution in [0.4, 0.5) is 13.2 Å². The first-order valence-corrected chi connectivity index (χ1v) is 4.75. The number of halogens is 4. The Morgan fingerprint density at radius 2 is 1.71 bits per heavy atom. The van der Waals surface area contributed by atoms with E-state index in [1.54, 1.807) is 24.3 Å². The van der Waals surface area contributed by atoms with E-state index in [4.69, 9.17) is 0 Å². The van der Waals surface area contributed by atoms with Crippen molar-refractivity contribution in [3.8, 4) is 0 Å². The number of rotatable bonds is 2. The molecule has 0 unspecified atom stereocenters. The highest BCUT2D eigenvalue weighted by atomic mass is 79.9. The first-order valence-electron chi connectivity index (χ1n) is 3.96. The zero-order valence-corrected chi connectivity index (χ0v) is 8.77. The molecule has 0 nitrogen and oxygen atoms in total. The maximum Gasteiger partial charge on any atom is 0.392 e. The summed E-state index contributed by atoms with van der Waals surface area (Å²) in [4.78, 5) is 0. The van der Waals surface area contributed by atoms with Gasteiger partial charge in [-0.15, -0.1) is 0 Å². The molecule has 0 aliphatic heterocycles. The highest BCUT2D eigenvalue weighted by Gasteiger charge is 2.24. The van der Waals surface area contributed by atoms with Crippen molar-refractivity contribution in [3.63, 3.8) is 0 Å². The maximum absolute atomic E-state index is 11.8. The first-order chi connectivity index (χ1) is 6.47. The van der Waals surface area contributed by atoms with E-state index in [0.29, 0.717) is 0 Å². The van der Waals surface area contributed by atoms with Gasteiger partial charge in [-0.05, 0) is 17.7 Å². The fourth-order valence-corrected chi connectivity index (χ4v) is 1.17. The van der Waals surface area contributed by atoms with Crippen LogP contribution >= 0.6 is 15.9 Å². The molecule has 0 aliphatic carbocycles. The van der Waals surface area contributed by atoms with E-state index in [-0.39, 0.29) is 0 Å². The number of allylic oxidation sites excluding steroid dienone is 1. The normalized spacial score (nSPS) is 12.3. The van der Waals surface area contributed by atoms with Gasteiger partial charge in [0, 0.05) is 4.47 Å². The van der Waals surface area contributed by atoms with E-state index in [9.17, 15) is 13.2 Å². The first kappa shape index (κ1) is 11.3. The van der Waals surface area contributed by atoms with Gasteiger partial charge < -0.3 is 0 Å². The van der Waals surface area contributed by atoms with Crippen molar-refractivity contribution in [2.45, 2.75) is 12.6 Å². The van der Waals surface area contributed by atoms with Gasteiger partial charge in [0.2, 0.25) is 0 Å². The van der Waals surface area contributed by atoms with E-state index in [0.717, 1.165) is 16.1 Å². The van der Waals surface area contributed by atoms with Crippen LogP contribution in [-0.2, 0) is 0 Å². The van der Waals surface area contributed by atoms with Crippen LogP contribution in [0.5, 0.6) is 0 Å². The van der Waals surface area contributed by atoms with Crippen molar-refractivity contribution < 1.29 is 13.2 Å². The Kier molecular flexibility index (Phi) is 3.75. The van der Waals surface area contributed by atoms with Crippen LogP contribution < -0.4 is 0 Å². The molecule has 76 valence electrons. The van der Waals surface area contributed by atoms with Crippen molar-refractivity contribution in [3.05, 3.63) is 40.4 Å². The lowest BCUT2D eigenvalue weighted by Gasteiger charge is -2.00. The molecule has 1 aromatic carbocycles. The van der Waals surface area contributed by atoms with Crippen LogP contribution in [0.2, 0.25) is 0 Å². The SMILES string of the molecule is FC(F)(F)C/C=C/c1ccc(Br)cc1. The predicted molar refractivity (Wildman–Crippen MR) is 53.8 cm³/mol. The lowest BCUT2D eigenvalue weighted by molar-refractivity contribution is -0.124. The molecule has 0 N–H and O–H groups in total. The number of alkyl halides is 3. The molecule has 0 amide bonds. The fraction of sp³-hybridized carbons (Fsp3) is 0.200. The van der Waals surface area contributed by atoms with Gasteiger partial charge in [-0.2, -0.15) is 13.2 Å². The van der Waals surface area contributed by atoms with E-state index in [2.05, 4.69) is 15.9 Å². The fourth-order valence-electron chi connectivity index (χ4n) is 0.903. The van der Waals surface area contributed by atoms with E-state index in [1.165, 1.54) is 6.08 Å². The third kappa shape index (κ3) is 4.46. The Morgan fingerprint density at radius 1 is 1.14 bits per heavy atom. The van der Waals surface area contributed by atoms with Gasteiger partial charge in [0.05, 0.1) is 6.42 Å². The van der Waals surface area contributed by atoms with Gasteiger partial charge in [0.25, 0.3) is 0 Å². The Labute approximate surface area is 88.6 Å². The molecule has 0 atom stereocenters. The Morgan fingerprint density at radius 3 is 2.21 bits per heavy atom. The van der Waals surface area contributed by atoms with Gasteiger partial charge in [-0.3, -0.25) is 0 Å². The Balaban J connectivity index is 2.57. The molecule has 0 heterocycles. The van der Waals surface area contributed by atoms with E-state index < -0.39 is 12.6 Å².